The predicted molar refractivity (Wildman–Crippen MR) is 52.0 cm³/mol. The molecule has 84 valence electrons. The molecule has 0 amide bonds. The number of aliphatic carboxylic acids is 1. The molecule has 0 radical (unpaired) electrons. The van der Waals surface area contributed by atoms with Gasteiger partial charge in [-0.25, -0.2) is 4.72 Å². The van der Waals surface area contributed by atoms with E-state index >= 15 is 0 Å². The fourth-order valence-electron chi connectivity index (χ4n) is 0.747. The Morgan fingerprint density at radius 3 is 2.36 bits per heavy atom. The van der Waals surface area contributed by atoms with Crippen LogP contribution in [0.25, 0.3) is 0 Å². The Hall–Kier alpha value is -0.660. The van der Waals surface area contributed by atoms with Gasteiger partial charge in [0.05, 0.1) is 0 Å². The first-order valence-electron chi connectivity index (χ1n) is 4.14. The Morgan fingerprint density at radius 2 is 2.00 bits per heavy atom. The van der Waals surface area contributed by atoms with Crippen LogP contribution in [0.1, 0.15) is 13.3 Å². The first-order valence-corrected chi connectivity index (χ1v) is 5.58. The van der Waals surface area contributed by atoms with Crippen molar-refractivity contribution in [2.75, 3.05) is 20.6 Å². The van der Waals surface area contributed by atoms with E-state index in [0.717, 1.165) is 4.31 Å². The van der Waals surface area contributed by atoms with Gasteiger partial charge in [0.2, 0.25) is 0 Å². The number of nitrogens with zero attached hydrogens (tertiary/aromatic N) is 1. The second-order valence-electron chi connectivity index (χ2n) is 3.34. The molecule has 0 bridgehead atoms. The Bertz CT molecular complexity index is 286. The predicted octanol–water partition coefficient (Wildman–Crippen LogP) is -0.507. The second kappa shape index (κ2) is 5.28. The molecule has 7 heteroatoms. The number of rotatable bonds is 6. The molecular formula is C7H16N2O4S. The molecule has 0 aliphatic rings. The quantitative estimate of drug-likeness (QED) is 0.636. The highest BCUT2D eigenvalue weighted by Crippen LogP contribution is 2.00. The first kappa shape index (κ1) is 13.3. The highest BCUT2D eigenvalue weighted by atomic mass is 32.2. The second-order valence-corrected chi connectivity index (χ2v) is 5.31. The monoisotopic (exact) mass is 224 g/mol. The highest BCUT2D eigenvalue weighted by Gasteiger charge is 2.15. The van der Waals surface area contributed by atoms with Crippen LogP contribution < -0.4 is 4.72 Å². The Balaban J connectivity index is 4.01. The molecule has 0 aliphatic heterocycles. The van der Waals surface area contributed by atoms with Crippen LogP contribution in [0.15, 0.2) is 0 Å². The summed E-state index contributed by atoms with van der Waals surface area (Å²) < 4.78 is 25.7. The molecule has 0 aromatic heterocycles. The van der Waals surface area contributed by atoms with Gasteiger partial charge < -0.3 is 5.11 Å². The van der Waals surface area contributed by atoms with Crippen LogP contribution in [0, 0.1) is 5.92 Å². The number of carbonyl (C=O) groups is 1. The van der Waals surface area contributed by atoms with Crippen LogP contribution >= 0.6 is 0 Å². The molecular weight excluding hydrogens is 208 g/mol. The molecule has 0 saturated carbocycles. The van der Waals surface area contributed by atoms with E-state index in [4.69, 9.17) is 5.11 Å². The lowest BCUT2D eigenvalue weighted by atomic mass is 10.1. The van der Waals surface area contributed by atoms with E-state index < -0.39 is 16.2 Å². The molecule has 0 rings (SSSR count). The zero-order valence-electron chi connectivity index (χ0n) is 8.52. The lowest BCUT2D eigenvalue weighted by Crippen LogP contribution is -2.38. The molecule has 0 aromatic rings. The topological polar surface area (TPSA) is 86.7 Å². The third-order valence-corrected chi connectivity index (χ3v) is 3.11. The standard InChI is InChI=1S/C7H16N2O4S/c1-6(4-7(10)11)5-8-14(12,13)9(2)3/h6,8H,4-5H2,1-3H3,(H,10,11). The van der Waals surface area contributed by atoms with Crippen molar-refractivity contribution >= 4 is 16.2 Å². The minimum atomic E-state index is -3.44. The van der Waals surface area contributed by atoms with Gasteiger partial charge in [-0.3, -0.25) is 4.79 Å². The number of carboxylic acid groups (broad SMARTS) is 1. The number of hydrogen-bond donors (Lipinski definition) is 2. The number of carboxylic acids is 1. The van der Waals surface area contributed by atoms with Gasteiger partial charge in [0.1, 0.15) is 0 Å². The third kappa shape index (κ3) is 5.15. The van der Waals surface area contributed by atoms with Gasteiger partial charge in [-0.2, -0.15) is 12.7 Å². The highest BCUT2D eigenvalue weighted by molar-refractivity contribution is 7.87. The molecule has 1 unspecified atom stereocenters. The largest absolute Gasteiger partial charge is 0.481 e. The van der Waals surface area contributed by atoms with Crippen LogP contribution in [0.2, 0.25) is 0 Å². The van der Waals surface area contributed by atoms with E-state index in [2.05, 4.69) is 4.72 Å². The van der Waals surface area contributed by atoms with Crippen molar-refractivity contribution in [2.24, 2.45) is 5.92 Å². The summed E-state index contributed by atoms with van der Waals surface area (Å²) in [5, 5.41) is 8.43. The van der Waals surface area contributed by atoms with Gasteiger partial charge in [0, 0.05) is 27.1 Å². The van der Waals surface area contributed by atoms with Crippen molar-refractivity contribution in [2.45, 2.75) is 13.3 Å². The van der Waals surface area contributed by atoms with Crippen molar-refractivity contribution in [3.05, 3.63) is 0 Å². The summed E-state index contributed by atoms with van der Waals surface area (Å²) in [5.41, 5.74) is 0. The summed E-state index contributed by atoms with van der Waals surface area (Å²) >= 11 is 0. The van der Waals surface area contributed by atoms with Crippen LogP contribution in [0.4, 0.5) is 0 Å². The van der Waals surface area contributed by atoms with Crippen molar-refractivity contribution in [3.63, 3.8) is 0 Å². The van der Waals surface area contributed by atoms with Crippen molar-refractivity contribution < 1.29 is 18.3 Å². The van der Waals surface area contributed by atoms with E-state index in [1.54, 1.807) is 6.92 Å². The summed E-state index contributed by atoms with van der Waals surface area (Å²) in [7, 11) is -0.625. The molecule has 0 aromatic carbocycles. The van der Waals surface area contributed by atoms with Gasteiger partial charge in [-0.05, 0) is 5.92 Å². The SMILES string of the molecule is CC(CNS(=O)(=O)N(C)C)CC(=O)O. The molecule has 1 atom stereocenters. The maximum absolute atomic E-state index is 11.2. The van der Waals surface area contributed by atoms with Crippen molar-refractivity contribution in [1.29, 1.82) is 0 Å². The Kier molecular flexibility index (Phi) is 5.03. The van der Waals surface area contributed by atoms with E-state index in [0.29, 0.717) is 0 Å². The molecule has 0 spiro atoms. The van der Waals surface area contributed by atoms with E-state index in [1.807, 2.05) is 0 Å². The Morgan fingerprint density at radius 1 is 1.50 bits per heavy atom. The summed E-state index contributed by atoms with van der Waals surface area (Å²) in [4.78, 5) is 10.3. The maximum atomic E-state index is 11.2. The van der Waals surface area contributed by atoms with Gasteiger partial charge in [0.15, 0.2) is 0 Å². The summed E-state index contributed by atoms with van der Waals surface area (Å²) in [6.45, 7) is 1.80. The average Bonchev–Trinajstić information content (AvgIpc) is 1.99. The van der Waals surface area contributed by atoms with Crippen LogP contribution in [0.5, 0.6) is 0 Å². The summed E-state index contributed by atoms with van der Waals surface area (Å²) in [6, 6.07) is 0. The van der Waals surface area contributed by atoms with Crippen molar-refractivity contribution in [3.8, 4) is 0 Å². The van der Waals surface area contributed by atoms with Gasteiger partial charge in [0.25, 0.3) is 10.2 Å². The third-order valence-electron chi connectivity index (χ3n) is 1.62. The molecule has 0 saturated heterocycles. The fraction of sp³-hybridized carbons (Fsp3) is 0.857. The minimum Gasteiger partial charge on any atom is -0.481 e. The zero-order chi connectivity index (χ0) is 11.4. The molecule has 6 nitrogen and oxygen atoms in total. The minimum absolute atomic E-state index is 0.0457. The van der Waals surface area contributed by atoms with Crippen LogP contribution in [-0.2, 0) is 15.0 Å². The Labute approximate surface area is 84.1 Å². The van der Waals surface area contributed by atoms with Crippen LogP contribution in [-0.4, -0.2) is 44.4 Å². The average molecular weight is 224 g/mol. The van der Waals surface area contributed by atoms with E-state index in [9.17, 15) is 13.2 Å². The zero-order valence-corrected chi connectivity index (χ0v) is 9.34. The number of nitrogens with one attached hydrogen (secondary N) is 1. The molecule has 0 fully saturated rings. The fourth-order valence-corrected chi connectivity index (χ4v) is 1.50. The molecule has 2 N–H and O–H groups in total. The summed E-state index contributed by atoms with van der Waals surface area (Å²) in [6.07, 6.45) is -0.0457. The van der Waals surface area contributed by atoms with Crippen LogP contribution in [0.3, 0.4) is 0 Å². The maximum Gasteiger partial charge on any atom is 0.303 e. The number of hydrogen-bond acceptors (Lipinski definition) is 3. The molecule has 0 aliphatic carbocycles. The smallest absolute Gasteiger partial charge is 0.303 e. The lowest BCUT2D eigenvalue weighted by molar-refractivity contribution is -0.137. The first-order chi connectivity index (χ1) is 6.25. The van der Waals surface area contributed by atoms with E-state index in [1.165, 1.54) is 14.1 Å². The molecule has 0 heterocycles. The molecule has 14 heavy (non-hydrogen) atoms. The van der Waals surface area contributed by atoms with Gasteiger partial charge in [-0.15, -0.1) is 0 Å². The normalized spacial score (nSPS) is 14.3. The van der Waals surface area contributed by atoms with E-state index in [-0.39, 0.29) is 18.9 Å². The summed E-state index contributed by atoms with van der Waals surface area (Å²) in [5.74, 6) is -1.15. The lowest BCUT2D eigenvalue weighted by Gasteiger charge is -2.14. The van der Waals surface area contributed by atoms with Gasteiger partial charge >= 0.3 is 5.97 Å². The van der Waals surface area contributed by atoms with Crippen molar-refractivity contribution in [1.82, 2.24) is 9.03 Å². The van der Waals surface area contributed by atoms with Gasteiger partial charge in [-0.1, -0.05) is 6.92 Å².